The minimum absolute atomic E-state index is 0.105. The largest absolute Gasteiger partial charge is 0.336 e. The maximum atomic E-state index is 13.4. The second kappa shape index (κ2) is 8.12. The van der Waals surface area contributed by atoms with Gasteiger partial charge in [-0.1, -0.05) is 38.1 Å². The van der Waals surface area contributed by atoms with Crippen molar-refractivity contribution in [2.24, 2.45) is 0 Å². The van der Waals surface area contributed by atoms with Gasteiger partial charge in [0.05, 0.1) is 16.8 Å². The van der Waals surface area contributed by atoms with Crippen LogP contribution in [0.1, 0.15) is 41.5 Å². The number of benzene rings is 1. The molecule has 0 aliphatic carbocycles. The first-order valence-corrected chi connectivity index (χ1v) is 10.9. The fourth-order valence-electron chi connectivity index (χ4n) is 4.24. The number of amides is 1. The van der Waals surface area contributed by atoms with Crippen LogP contribution in [0.15, 0.2) is 60.9 Å². The van der Waals surface area contributed by atoms with Crippen LogP contribution in [0.4, 0.5) is 0 Å². The van der Waals surface area contributed by atoms with E-state index in [9.17, 15) is 4.79 Å². The molecule has 6 heteroatoms. The SMILES string of the molecule is CC(C)c1cc(C(=O)N2CCN(Cc3cn4ccccc4n3)CC2)c2ccccc2n1. The van der Waals surface area contributed by atoms with E-state index in [-0.39, 0.29) is 11.8 Å². The molecule has 0 radical (unpaired) electrons. The number of imidazole rings is 1. The van der Waals surface area contributed by atoms with E-state index in [0.717, 1.165) is 66.2 Å². The van der Waals surface area contributed by atoms with Crippen molar-refractivity contribution in [1.82, 2.24) is 24.2 Å². The predicted octanol–water partition coefficient (Wildman–Crippen LogP) is 3.96. The smallest absolute Gasteiger partial charge is 0.254 e. The van der Waals surface area contributed by atoms with E-state index in [4.69, 9.17) is 9.97 Å². The molecular weight excluding hydrogens is 386 g/mol. The normalized spacial score (nSPS) is 15.3. The zero-order valence-electron chi connectivity index (χ0n) is 18.0. The van der Waals surface area contributed by atoms with E-state index in [2.05, 4.69) is 29.3 Å². The topological polar surface area (TPSA) is 53.7 Å². The molecule has 3 aromatic heterocycles. The van der Waals surface area contributed by atoms with Crippen molar-refractivity contribution in [2.75, 3.05) is 26.2 Å². The molecule has 5 rings (SSSR count). The van der Waals surface area contributed by atoms with Gasteiger partial charge in [0.15, 0.2) is 0 Å². The lowest BCUT2D eigenvalue weighted by molar-refractivity contribution is 0.0629. The number of fused-ring (bicyclic) bond motifs is 2. The number of hydrogen-bond donors (Lipinski definition) is 0. The molecule has 1 aliphatic heterocycles. The summed E-state index contributed by atoms with van der Waals surface area (Å²) in [6.07, 6.45) is 4.11. The molecule has 4 aromatic rings. The molecule has 1 fully saturated rings. The van der Waals surface area contributed by atoms with Crippen molar-refractivity contribution in [3.63, 3.8) is 0 Å². The van der Waals surface area contributed by atoms with E-state index >= 15 is 0 Å². The van der Waals surface area contributed by atoms with Gasteiger partial charge in [-0.15, -0.1) is 0 Å². The summed E-state index contributed by atoms with van der Waals surface area (Å²) in [7, 11) is 0. The van der Waals surface area contributed by atoms with E-state index in [1.165, 1.54) is 0 Å². The van der Waals surface area contributed by atoms with Gasteiger partial charge in [-0.05, 0) is 30.2 Å². The summed E-state index contributed by atoms with van der Waals surface area (Å²) in [5.74, 6) is 0.381. The van der Waals surface area contributed by atoms with Crippen molar-refractivity contribution < 1.29 is 4.79 Å². The average molecular weight is 414 g/mol. The summed E-state index contributed by atoms with van der Waals surface area (Å²) in [6.45, 7) is 8.17. The molecule has 4 heterocycles. The Kier molecular flexibility index (Phi) is 5.16. The third kappa shape index (κ3) is 3.91. The summed E-state index contributed by atoms with van der Waals surface area (Å²) in [4.78, 5) is 27.2. The summed E-state index contributed by atoms with van der Waals surface area (Å²) in [5.41, 5.74) is 4.66. The van der Waals surface area contributed by atoms with Crippen LogP contribution in [0.2, 0.25) is 0 Å². The van der Waals surface area contributed by atoms with Crippen LogP contribution in [0, 0.1) is 0 Å². The molecule has 1 amide bonds. The molecule has 0 saturated carbocycles. The van der Waals surface area contributed by atoms with Crippen molar-refractivity contribution in [1.29, 1.82) is 0 Å². The van der Waals surface area contributed by atoms with Crippen molar-refractivity contribution in [2.45, 2.75) is 26.3 Å². The summed E-state index contributed by atoms with van der Waals surface area (Å²) < 4.78 is 2.05. The fraction of sp³-hybridized carbons (Fsp3) is 0.320. The number of rotatable bonds is 4. The lowest BCUT2D eigenvalue weighted by Crippen LogP contribution is -2.48. The Morgan fingerprint density at radius 2 is 1.77 bits per heavy atom. The Bertz CT molecular complexity index is 1200. The van der Waals surface area contributed by atoms with Crippen LogP contribution in [-0.4, -0.2) is 56.3 Å². The Morgan fingerprint density at radius 1 is 1.00 bits per heavy atom. The fourth-order valence-corrected chi connectivity index (χ4v) is 4.24. The number of nitrogens with zero attached hydrogens (tertiary/aromatic N) is 5. The van der Waals surface area contributed by atoms with Crippen molar-refractivity contribution in [3.8, 4) is 0 Å². The summed E-state index contributed by atoms with van der Waals surface area (Å²) in [6, 6.07) is 16.0. The van der Waals surface area contributed by atoms with Crippen LogP contribution in [-0.2, 0) is 6.54 Å². The van der Waals surface area contributed by atoms with Gasteiger partial charge in [-0.3, -0.25) is 14.7 Å². The molecule has 1 aliphatic rings. The van der Waals surface area contributed by atoms with Gasteiger partial charge in [0, 0.05) is 56.2 Å². The van der Waals surface area contributed by atoms with Gasteiger partial charge in [0.2, 0.25) is 0 Å². The molecule has 1 aromatic carbocycles. The number of hydrogen-bond acceptors (Lipinski definition) is 4. The molecule has 6 nitrogen and oxygen atoms in total. The minimum atomic E-state index is 0.105. The number of carbonyl (C=O) groups is 1. The van der Waals surface area contributed by atoms with Crippen LogP contribution in [0.5, 0.6) is 0 Å². The lowest BCUT2D eigenvalue weighted by atomic mass is 10.0. The Hall–Kier alpha value is -3.25. The zero-order valence-corrected chi connectivity index (χ0v) is 18.0. The molecule has 0 bridgehead atoms. The second-order valence-corrected chi connectivity index (χ2v) is 8.53. The highest BCUT2D eigenvalue weighted by molar-refractivity contribution is 6.06. The lowest BCUT2D eigenvalue weighted by Gasteiger charge is -2.34. The first kappa shape index (κ1) is 19.7. The Balaban J connectivity index is 1.31. The summed E-state index contributed by atoms with van der Waals surface area (Å²) in [5, 5.41) is 0.934. The first-order valence-electron chi connectivity index (χ1n) is 10.9. The molecule has 1 saturated heterocycles. The van der Waals surface area contributed by atoms with Crippen LogP contribution >= 0.6 is 0 Å². The third-order valence-electron chi connectivity index (χ3n) is 6.02. The van der Waals surface area contributed by atoms with Gasteiger partial charge in [0.1, 0.15) is 5.65 Å². The standard InChI is InChI=1S/C25H27N5O/c1-18(2)23-15-21(20-7-3-4-8-22(20)27-23)25(31)29-13-11-28(12-14-29)16-19-17-30-10-6-5-9-24(30)26-19/h3-10,15,17-18H,11-14,16H2,1-2H3. The highest BCUT2D eigenvalue weighted by Gasteiger charge is 2.25. The van der Waals surface area contributed by atoms with Crippen molar-refractivity contribution >= 4 is 22.5 Å². The van der Waals surface area contributed by atoms with Gasteiger partial charge >= 0.3 is 0 Å². The van der Waals surface area contributed by atoms with Gasteiger partial charge in [-0.2, -0.15) is 0 Å². The maximum absolute atomic E-state index is 13.4. The highest BCUT2D eigenvalue weighted by atomic mass is 16.2. The van der Waals surface area contributed by atoms with Gasteiger partial charge in [-0.25, -0.2) is 4.98 Å². The molecule has 0 unspecified atom stereocenters. The van der Waals surface area contributed by atoms with E-state index in [1.54, 1.807) is 0 Å². The van der Waals surface area contributed by atoms with E-state index in [0.29, 0.717) is 0 Å². The number of carbonyl (C=O) groups excluding carboxylic acids is 1. The van der Waals surface area contributed by atoms with E-state index < -0.39 is 0 Å². The number of pyridine rings is 2. The molecule has 0 spiro atoms. The molecule has 0 N–H and O–H groups in total. The second-order valence-electron chi connectivity index (χ2n) is 8.53. The van der Waals surface area contributed by atoms with Crippen LogP contribution in [0.25, 0.3) is 16.6 Å². The Morgan fingerprint density at radius 3 is 2.55 bits per heavy atom. The zero-order chi connectivity index (χ0) is 21.4. The predicted molar refractivity (Wildman–Crippen MR) is 122 cm³/mol. The van der Waals surface area contributed by atoms with Crippen molar-refractivity contribution in [3.05, 3.63) is 77.9 Å². The molecule has 0 atom stereocenters. The molecule has 158 valence electrons. The quantitative estimate of drug-likeness (QED) is 0.508. The molecule has 31 heavy (non-hydrogen) atoms. The first-order chi connectivity index (χ1) is 15.1. The maximum Gasteiger partial charge on any atom is 0.254 e. The highest BCUT2D eigenvalue weighted by Crippen LogP contribution is 2.24. The average Bonchev–Trinajstić information content (AvgIpc) is 3.20. The van der Waals surface area contributed by atoms with Gasteiger partial charge in [0.25, 0.3) is 5.91 Å². The molecular formula is C25H27N5O. The number of piperazine rings is 1. The number of para-hydroxylation sites is 1. The Labute approximate surface area is 182 Å². The van der Waals surface area contributed by atoms with Gasteiger partial charge < -0.3 is 9.30 Å². The van der Waals surface area contributed by atoms with Crippen LogP contribution < -0.4 is 0 Å². The monoisotopic (exact) mass is 413 g/mol. The number of aromatic nitrogens is 3. The third-order valence-corrected chi connectivity index (χ3v) is 6.02. The van der Waals surface area contributed by atoms with Crippen LogP contribution in [0.3, 0.4) is 0 Å². The minimum Gasteiger partial charge on any atom is -0.336 e. The van der Waals surface area contributed by atoms with E-state index in [1.807, 2.05) is 59.6 Å². The summed E-state index contributed by atoms with van der Waals surface area (Å²) >= 11 is 0.